The third kappa shape index (κ3) is 6.74. The van der Waals surface area contributed by atoms with Crippen molar-refractivity contribution in [2.24, 2.45) is 4.99 Å². The number of nitrogens with one attached hydrogen (secondary N) is 1. The fourth-order valence-electron chi connectivity index (χ4n) is 4.79. The van der Waals surface area contributed by atoms with Gasteiger partial charge in [-0.15, -0.1) is 6.58 Å². The van der Waals surface area contributed by atoms with Crippen molar-refractivity contribution in [3.8, 4) is 17.0 Å². The maximum Gasteiger partial charge on any atom is 0.219 e. The van der Waals surface area contributed by atoms with Crippen molar-refractivity contribution in [1.29, 1.82) is 0 Å². The van der Waals surface area contributed by atoms with Crippen LogP contribution in [0.4, 0.5) is 20.3 Å². The van der Waals surface area contributed by atoms with E-state index in [1.165, 1.54) is 23.1 Å². The van der Waals surface area contributed by atoms with E-state index >= 15 is 4.39 Å². The lowest BCUT2D eigenvalue weighted by Gasteiger charge is -2.34. The van der Waals surface area contributed by atoms with Gasteiger partial charge in [0.2, 0.25) is 6.41 Å². The smallest absolute Gasteiger partial charge is 0.219 e. The quantitative estimate of drug-likeness (QED) is 0.108. The Bertz CT molecular complexity index is 1410. The summed E-state index contributed by atoms with van der Waals surface area (Å²) in [5, 5.41) is 13.9. The van der Waals surface area contributed by atoms with Crippen molar-refractivity contribution >= 4 is 35.4 Å². The predicted octanol–water partition coefficient (Wildman–Crippen LogP) is 6.67. The number of carbonyl (C=O) groups is 1. The summed E-state index contributed by atoms with van der Waals surface area (Å²) < 4.78 is 30.9. The summed E-state index contributed by atoms with van der Waals surface area (Å²) in [5.41, 5.74) is 0.423. The van der Waals surface area contributed by atoms with E-state index in [-0.39, 0.29) is 28.4 Å². The van der Waals surface area contributed by atoms with E-state index in [4.69, 9.17) is 11.6 Å². The number of para-hydroxylation sites is 1. The molecule has 41 heavy (non-hydrogen) atoms. The lowest BCUT2D eigenvalue weighted by atomic mass is 9.99. The second-order valence-corrected chi connectivity index (χ2v) is 10.3. The zero-order valence-electron chi connectivity index (χ0n) is 24.0. The minimum atomic E-state index is -0.899. The van der Waals surface area contributed by atoms with Crippen molar-refractivity contribution in [3.63, 3.8) is 0 Å². The number of anilines is 2. The first-order valence-corrected chi connectivity index (χ1v) is 13.7. The van der Waals surface area contributed by atoms with E-state index < -0.39 is 28.6 Å². The van der Waals surface area contributed by atoms with Crippen LogP contribution in [0.5, 0.6) is 5.75 Å². The number of phenolic OH excluding ortho intramolecular Hbond substituents is 1. The van der Waals surface area contributed by atoms with E-state index in [1.807, 2.05) is 38.8 Å². The van der Waals surface area contributed by atoms with Crippen LogP contribution >= 0.6 is 11.6 Å². The number of aliphatic imine (C=N–C) groups is 1. The van der Waals surface area contributed by atoms with Crippen LogP contribution < -0.4 is 10.2 Å². The molecule has 7 nitrogen and oxygen atoms in total. The summed E-state index contributed by atoms with van der Waals surface area (Å²) in [7, 11) is 3.40. The number of hydrogen-bond donors (Lipinski definition) is 2. The lowest BCUT2D eigenvalue weighted by Crippen LogP contribution is -2.45. The number of rotatable bonds is 12. The number of benzene rings is 2. The number of likely N-dealkylation sites (N-methyl/N-ethyl adjacent to an activating group) is 1. The van der Waals surface area contributed by atoms with Crippen LogP contribution in [-0.2, 0) is 4.79 Å². The Balaban J connectivity index is 2.43. The van der Waals surface area contributed by atoms with E-state index in [0.717, 1.165) is 11.6 Å². The fourth-order valence-corrected chi connectivity index (χ4v) is 5.06. The maximum absolute atomic E-state index is 15.9. The minimum absolute atomic E-state index is 0.0186. The Morgan fingerprint density at radius 3 is 2.49 bits per heavy atom. The van der Waals surface area contributed by atoms with Crippen molar-refractivity contribution in [3.05, 3.63) is 82.9 Å². The molecule has 0 bridgehead atoms. The van der Waals surface area contributed by atoms with E-state index in [1.54, 1.807) is 25.3 Å². The maximum atomic E-state index is 15.9. The summed E-state index contributed by atoms with van der Waals surface area (Å²) in [4.78, 5) is 25.1. The molecule has 2 aromatic carbocycles. The van der Waals surface area contributed by atoms with Gasteiger partial charge < -0.3 is 15.3 Å². The molecule has 1 atom stereocenters. The van der Waals surface area contributed by atoms with Gasteiger partial charge in [-0.05, 0) is 56.1 Å². The normalized spacial score (nSPS) is 12.4. The molecule has 3 aromatic rings. The second kappa shape index (κ2) is 14.2. The van der Waals surface area contributed by atoms with Gasteiger partial charge in [-0.25, -0.2) is 13.8 Å². The van der Waals surface area contributed by atoms with Gasteiger partial charge in [0.25, 0.3) is 0 Å². The molecule has 0 aliphatic rings. The van der Waals surface area contributed by atoms with Crippen LogP contribution in [0.15, 0.2) is 60.1 Å². The molecule has 0 saturated carbocycles. The van der Waals surface area contributed by atoms with E-state index in [0.29, 0.717) is 37.4 Å². The first kappa shape index (κ1) is 31.7. The standard InChI is InChI=1S/C31H36ClF2N5O2/c1-7-8-15-38(20(4)17-35-5)30(36-6)22-16-25(34)28(27-24(33)13-10-14-26(27)41)37-31(22)39(18-40)29-21(19(2)3)11-9-12-23(29)32/h7,9-14,16,18-20,35,41H,1,8,15,17H2,2-6H3/b36-30+. The molecular formula is C31H36ClF2N5O2. The first-order valence-electron chi connectivity index (χ1n) is 13.3. The summed E-state index contributed by atoms with van der Waals surface area (Å²) in [5.74, 6) is -1.95. The fraction of sp³-hybridized carbons (Fsp3) is 0.323. The highest BCUT2D eigenvalue weighted by molar-refractivity contribution is 6.34. The van der Waals surface area contributed by atoms with Crippen LogP contribution in [-0.4, -0.2) is 60.5 Å². The largest absolute Gasteiger partial charge is 0.507 e. The minimum Gasteiger partial charge on any atom is -0.507 e. The van der Waals surface area contributed by atoms with Crippen LogP contribution in [0.2, 0.25) is 5.02 Å². The molecule has 3 rings (SSSR count). The number of phenols is 1. The van der Waals surface area contributed by atoms with E-state index in [9.17, 15) is 14.3 Å². The van der Waals surface area contributed by atoms with Crippen LogP contribution in [0.3, 0.4) is 0 Å². The van der Waals surface area contributed by atoms with Gasteiger partial charge in [0.1, 0.15) is 23.1 Å². The van der Waals surface area contributed by atoms with Gasteiger partial charge >= 0.3 is 0 Å². The average molecular weight is 584 g/mol. The Morgan fingerprint density at radius 1 is 1.20 bits per heavy atom. The van der Waals surface area contributed by atoms with Crippen LogP contribution in [0, 0.1) is 11.6 Å². The number of amidine groups is 1. The number of halogens is 3. The lowest BCUT2D eigenvalue weighted by molar-refractivity contribution is -0.106. The molecule has 1 amide bonds. The van der Waals surface area contributed by atoms with Gasteiger partial charge in [0.15, 0.2) is 11.6 Å². The summed E-state index contributed by atoms with van der Waals surface area (Å²) in [6, 6.07) is 9.98. The molecule has 2 N–H and O–H groups in total. The number of hydrogen-bond acceptors (Lipinski definition) is 5. The number of amides is 1. The molecule has 10 heteroatoms. The third-order valence-electron chi connectivity index (χ3n) is 6.73. The molecule has 0 spiro atoms. The summed E-state index contributed by atoms with van der Waals surface area (Å²) >= 11 is 6.66. The monoisotopic (exact) mass is 583 g/mol. The Kier molecular flexibility index (Phi) is 11.0. The molecular weight excluding hydrogens is 548 g/mol. The molecule has 1 unspecified atom stereocenters. The highest BCUT2D eigenvalue weighted by Crippen LogP contribution is 2.41. The first-order chi connectivity index (χ1) is 19.6. The van der Waals surface area contributed by atoms with Crippen molar-refractivity contribution in [1.82, 2.24) is 15.2 Å². The highest BCUT2D eigenvalue weighted by Gasteiger charge is 2.30. The Hall–Kier alpha value is -3.82. The van der Waals surface area contributed by atoms with Crippen molar-refractivity contribution in [2.75, 3.05) is 32.1 Å². The number of aromatic nitrogens is 1. The highest BCUT2D eigenvalue weighted by atomic mass is 35.5. The molecule has 1 heterocycles. The van der Waals surface area contributed by atoms with Gasteiger partial charge in [-0.3, -0.25) is 14.7 Å². The van der Waals surface area contributed by atoms with Crippen LogP contribution in [0.25, 0.3) is 11.3 Å². The zero-order chi connectivity index (χ0) is 30.3. The van der Waals surface area contributed by atoms with E-state index in [2.05, 4.69) is 21.9 Å². The Labute approximate surface area is 245 Å². The number of pyridine rings is 1. The molecule has 0 saturated heterocycles. The summed E-state index contributed by atoms with van der Waals surface area (Å²) in [6.45, 7) is 10.8. The van der Waals surface area contributed by atoms with Gasteiger partial charge in [-0.2, -0.15) is 0 Å². The predicted molar refractivity (Wildman–Crippen MR) is 162 cm³/mol. The summed E-state index contributed by atoms with van der Waals surface area (Å²) in [6.07, 6.45) is 2.92. The van der Waals surface area contributed by atoms with Crippen molar-refractivity contribution in [2.45, 2.75) is 39.2 Å². The second-order valence-electron chi connectivity index (χ2n) is 9.86. The zero-order valence-corrected chi connectivity index (χ0v) is 24.7. The number of aromatic hydroxyl groups is 1. The molecule has 0 radical (unpaired) electrons. The topological polar surface area (TPSA) is 81.1 Å². The molecule has 0 fully saturated rings. The third-order valence-corrected chi connectivity index (χ3v) is 7.03. The molecule has 0 aliphatic heterocycles. The van der Waals surface area contributed by atoms with Crippen LogP contribution in [0.1, 0.15) is 44.2 Å². The number of nitrogens with zero attached hydrogens (tertiary/aromatic N) is 4. The molecule has 1 aromatic heterocycles. The SMILES string of the molecule is C=CCCN(/C(=N/C)c1cc(F)c(-c2c(O)cccc2F)nc1N(C=O)c1c(Cl)cccc1C(C)C)C(C)CNC. The van der Waals surface area contributed by atoms with Gasteiger partial charge in [-0.1, -0.05) is 49.7 Å². The molecule has 0 aliphatic carbocycles. The average Bonchev–Trinajstić information content (AvgIpc) is 2.93. The molecule has 218 valence electrons. The van der Waals surface area contributed by atoms with Crippen molar-refractivity contribution < 1.29 is 18.7 Å². The van der Waals surface area contributed by atoms with Gasteiger partial charge in [0, 0.05) is 26.2 Å². The Morgan fingerprint density at radius 2 is 1.90 bits per heavy atom. The number of carbonyl (C=O) groups excluding carboxylic acids is 1. The van der Waals surface area contributed by atoms with Gasteiger partial charge in [0.05, 0.1) is 21.8 Å².